The van der Waals surface area contributed by atoms with Crippen LogP contribution in [0.2, 0.25) is 0 Å². The van der Waals surface area contributed by atoms with Gasteiger partial charge in [0.25, 0.3) is 0 Å². The zero-order valence-corrected chi connectivity index (χ0v) is 11.2. The van der Waals surface area contributed by atoms with Crippen LogP contribution in [0.4, 0.5) is 0 Å². The van der Waals surface area contributed by atoms with E-state index in [1.165, 1.54) is 0 Å². The second-order valence-corrected chi connectivity index (χ2v) is 5.98. The molecule has 0 aromatic rings. The van der Waals surface area contributed by atoms with Gasteiger partial charge in [-0.25, -0.2) is 0 Å². The molecule has 0 spiro atoms. The lowest BCUT2D eigenvalue weighted by molar-refractivity contribution is 0.108. The maximum atomic E-state index is 9.40. The molecule has 17 heavy (non-hydrogen) atoms. The fraction of sp³-hybridized carbons (Fsp3) is 0.929. The van der Waals surface area contributed by atoms with Crippen molar-refractivity contribution in [3.8, 4) is 6.07 Å². The van der Waals surface area contributed by atoms with E-state index in [2.05, 4.69) is 11.4 Å². The molecular formula is C14H26N2O. The molecule has 0 radical (unpaired) electrons. The summed E-state index contributed by atoms with van der Waals surface area (Å²) >= 11 is 0. The smallest absolute Gasteiger partial charge is 0.0683 e. The van der Waals surface area contributed by atoms with Crippen molar-refractivity contribution in [1.29, 1.82) is 5.26 Å². The Morgan fingerprint density at radius 3 is 2.53 bits per heavy atom. The minimum Gasteiger partial charge on any atom is -0.393 e. The van der Waals surface area contributed by atoms with Crippen LogP contribution in [0.1, 0.15) is 52.4 Å². The van der Waals surface area contributed by atoms with Gasteiger partial charge in [-0.1, -0.05) is 0 Å². The number of nitrogens with one attached hydrogen (secondary N) is 1. The van der Waals surface area contributed by atoms with Crippen molar-refractivity contribution >= 4 is 0 Å². The first-order valence-corrected chi connectivity index (χ1v) is 6.83. The Morgan fingerprint density at radius 1 is 1.29 bits per heavy atom. The van der Waals surface area contributed by atoms with Gasteiger partial charge in [0.15, 0.2) is 0 Å². The quantitative estimate of drug-likeness (QED) is 0.699. The summed E-state index contributed by atoms with van der Waals surface area (Å²) in [5, 5.41) is 21.8. The molecule has 3 nitrogen and oxygen atoms in total. The normalized spacial score (nSPS) is 25.5. The average molecular weight is 238 g/mol. The van der Waals surface area contributed by atoms with Gasteiger partial charge in [-0.2, -0.15) is 5.26 Å². The number of hydrogen-bond acceptors (Lipinski definition) is 3. The van der Waals surface area contributed by atoms with E-state index < -0.39 is 0 Å². The van der Waals surface area contributed by atoms with Crippen LogP contribution in [0.25, 0.3) is 0 Å². The molecule has 1 rings (SSSR count). The zero-order chi connectivity index (χ0) is 12.7. The molecule has 1 fully saturated rings. The fourth-order valence-corrected chi connectivity index (χ4v) is 2.37. The van der Waals surface area contributed by atoms with E-state index in [0.29, 0.717) is 0 Å². The Bertz CT molecular complexity index is 249. The predicted molar refractivity (Wildman–Crippen MR) is 69.5 cm³/mol. The van der Waals surface area contributed by atoms with Crippen LogP contribution in [0.5, 0.6) is 0 Å². The lowest BCUT2D eigenvalue weighted by atomic mass is 9.87. The first kappa shape index (κ1) is 14.5. The van der Waals surface area contributed by atoms with Gasteiger partial charge in [0, 0.05) is 0 Å². The molecule has 0 unspecified atom stereocenters. The van der Waals surface area contributed by atoms with E-state index in [0.717, 1.165) is 57.5 Å². The molecule has 0 amide bonds. The van der Waals surface area contributed by atoms with Crippen LogP contribution in [0.15, 0.2) is 0 Å². The van der Waals surface area contributed by atoms with Crippen molar-refractivity contribution in [2.75, 3.05) is 13.1 Å². The van der Waals surface area contributed by atoms with Gasteiger partial charge in [-0.3, -0.25) is 0 Å². The lowest BCUT2D eigenvalue weighted by Gasteiger charge is -2.25. The lowest BCUT2D eigenvalue weighted by Crippen LogP contribution is -2.29. The third kappa shape index (κ3) is 6.05. The van der Waals surface area contributed by atoms with Crippen molar-refractivity contribution in [3.63, 3.8) is 0 Å². The molecule has 3 heteroatoms. The van der Waals surface area contributed by atoms with E-state index in [-0.39, 0.29) is 11.5 Å². The molecule has 0 aromatic carbocycles. The highest BCUT2D eigenvalue weighted by atomic mass is 16.3. The van der Waals surface area contributed by atoms with Crippen LogP contribution in [-0.2, 0) is 0 Å². The van der Waals surface area contributed by atoms with Crippen LogP contribution in [0, 0.1) is 22.7 Å². The highest BCUT2D eigenvalue weighted by molar-refractivity contribution is 4.91. The topological polar surface area (TPSA) is 56.0 Å². The predicted octanol–water partition coefficient (Wildman–Crippen LogP) is 2.46. The Balaban J connectivity index is 2.00. The van der Waals surface area contributed by atoms with Crippen LogP contribution in [0.3, 0.4) is 0 Å². The number of hydrogen-bond donors (Lipinski definition) is 2. The fourth-order valence-electron chi connectivity index (χ4n) is 2.37. The van der Waals surface area contributed by atoms with Gasteiger partial charge in [-0.15, -0.1) is 0 Å². The van der Waals surface area contributed by atoms with Gasteiger partial charge >= 0.3 is 0 Å². The summed E-state index contributed by atoms with van der Waals surface area (Å²) in [4.78, 5) is 0. The van der Waals surface area contributed by atoms with Gasteiger partial charge in [0.05, 0.1) is 17.6 Å². The number of rotatable bonds is 6. The second kappa shape index (κ2) is 6.98. The molecule has 1 aliphatic carbocycles. The molecule has 0 aromatic heterocycles. The van der Waals surface area contributed by atoms with Crippen molar-refractivity contribution in [2.24, 2.45) is 11.3 Å². The molecule has 1 saturated carbocycles. The zero-order valence-electron chi connectivity index (χ0n) is 11.2. The Morgan fingerprint density at radius 2 is 1.94 bits per heavy atom. The standard InChI is InChI=1S/C14H26N2O/c1-14(2,11-15)8-3-9-16-10-12-4-6-13(17)7-5-12/h12-13,16-17H,3-10H2,1-2H3. The summed E-state index contributed by atoms with van der Waals surface area (Å²) in [6, 6.07) is 2.33. The molecule has 2 N–H and O–H groups in total. The van der Waals surface area contributed by atoms with E-state index in [1.54, 1.807) is 0 Å². The third-order valence-corrected chi connectivity index (χ3v) is 3.71. The molecule has 0 atom stereocenters. The molecule has 1 aliphatic rings. The number of nitriles is 1. The van der Waals surface area contributed by atoms with E-state index in [1.807, 2.05) is 13.8 Å². The molecular weight excluding hydrogens is 212 g/mol. The molecule has 0 saturated heterocycles. The highest BCUT2D eigenvalue weighted by Gasteiger charge is 2.19. The molecule has 0 aliphatic heterocycles. The summed E-state index contributed by atoms with van der Waals surface area (Å²) in [6.45, 7) is 6.06. The van der Waals surface area contributed by atoms with E-state index in [9.17, 15) is 5.11 Å². The SMILES string of the molecule is CC(C)(C#N)CCCNCC1CCC(O)CC1. The number of aliphatic hydroxyl groups is 1. The summed E-state index contributed by atoms with van der Waals surface area (Å²) in [7, 11) is 0. The van der Waals surface area contributed by atoms with Crippen LogP contribution < -0.4 is 5.32 Å². The van der Waals surface area contributed by atoms with Gasteiger partial charge in [0.2, 0.25) is 0 Å². The first-order valence-electron chi connectivity index (χ1n) is 6.83. The number of nitrogens with zero attached hydrogens (tertiary/aromatic N) is 1. The summed E-state index contributed by atoms with van der Waals surface area (Å²) in [5.41, 5.74) is -0.184. The van der Waals surface area contributed by atoms with Crippen molar-refractivity contribution < 1.29 is 5.11 Å². The first-order chi connectivity index (χ1) is 8.03. The largest absolute Gasteiger partial charge is 0.393 e. The molecule has 0 bridgehead atoms. The van der Waals surface area contributed by atoms with Gasteiger partial charge in [0.1, 0.15) is 0 Å². The highest BCUT2D eigenvalue weighted by Crippen LogP contribution is 2.23. The average Bonchev–Trinajstić information content (AvgIpc) is 2.31. The van der Waals surface area contributed by atoms with Gasteiger partial charge in [-0.05, 0) is 71.4 Å². The molecule has 0 heterocycles. The van der Waals surface area contributed by atoms with Crippen LogP contribution >= 0.6 is 0 Å². The molecule has 98 valence electrons. The maximum Gasteiger partial charge on any atom is 0.0683 e. The van der Waals surface area contributed by atoms with Crippen molar-refractivity contribution in [1.82, 2.24) is 5.32 Å². The number of aliphatic hydroxyl groups excluding tert-OH is 1. The Kier molecular flexibility index (Phi) is 5.94. The Labute approximate surface area is 105 Å². The summed E-state index contributed by atoms with van der Waals surface area (Å²) in [5.74, 6) is 0.738. The summed E-state index contributed by atoms with van der Waals surface area (Å²) < 4.78 is 0. The van der Waals surface area contributed by atoms with E-state index >= 15 is 0 Å². The second-order valence-electron chi connectivity index (χ2n) is 5.98. The van der Waals surface area contributed by atoms with Crippen LogP contribution in [-0.4, -0.2) is 24.3 Å². The summed E-state index contributed by atoms with van der Waals surface area (Å²) in [6.07, 6.45) is 6.20. The minimum absolute atomic E-state index is 0.0531. The minimum atomic E-state index is -0.184. The van der Waals surface area contributed by atoms with Gasteiger partial charge < -0.3 is 10.4 Å². The van der Waals surface area contributed by atoms with Crippen molar-refractivity contribution in [2.45, 2.75) is 58.5 Å². The van der Waals surface area contributed by atoms with E-state index in [4.69, 9.17) is 5.26 Å². The third-order valence-electron chi connectivity index (χ3n) is 3.71. The monoisotopic (exact) mass is 238 g/mol. The Hall–Kier alpha value is -0.590. The maximum absolute atomic E-state index is 9.40. The van der Waals surface area contributed by atoms with Crippen molar-refractivity contribution in [3.05, 3.63) is 0 Å².